The van der Waals surface area contributed by atoms with Gasteiger partial charge in [0.2, 0.25) is 5.91 Å². The zero-order chi connectivity index (χ0) is 14.5. The summed E-state index contributed by atoms with van der Waals surface area (Å²) < 4.78 is 6.50. The van der Waals surface area contributed by atoms with Crippen LogP contribution in [0.4, 0.5) is 0 Å². The molecule has 1 aliphatic heterocycles. The summed E-state index contributed by atoms with van der Waals surface area (Å²) in [7, 11) is 0. The van der Waals surface area contributed by atoms with E-state index in [2.05, 4.69) is 0 Å². The number of pyridine rings is 1. The fraction of sp³-hybridized carbons (Fsp3) is 0.462. The number of rotatable bonds is 4. The van der Waals surface area contributed by atoms with Gasteiger partial charge in [0.15, 0.2) is 6.04 Å². The highest BCUT2D eigenvalue weighted by molar-refractivity contribution is 5.83. The maximum atomic E-state index is 12.1. The number of aromatic nitrogens is 1. The molecule has 2 rings (SSSR count). The topological polar surface area (TPSA) is 88.8 Å². The van der Waals surface area contributed by atoms with Gasteiger partial charge in [-0.05, 0) is 6.07 Å². The Balaban J connectivity index is 1.99. The molecular weight excluding hydrogens is 264 g/mol. The summed E-state index contributed by atoms with van der Waals surface area (Å²) in [6.45, 7) is 0.842. The van der Waals surface area contributed by atoms with Crippen LogP contribution in [0.3, 0.4) is 0 Å². The van der Waals surface area contributed by atoms with Crippen molar-refractivity contribution in [3.8, 4) is 0 Å². The van der Waals surface area contributed by atoms with Crippen LogP contribution in [0.15, 0.2) is 29.2 Å². The first kappa shape index (κ1) is 14.3. The number of aliphatic carboxylic acids is 1. The van der Waals surface area contributed by atoms with E-state index in [1.807, 2.05) is 0 Å². The molecule has 1 amide bonds. The van der Waals surface area contributed by atoms with Gasteiger partial charge in [-0.15, -0.1) is 0 Å². The number of amides is 1. The van der Waals surface area contributed by atoms with Crippen LogP contribution in [0, 0.1) is 0 Å². The number of nitrogens with zero attached hydrogens (tertiary/aromatic N) is 2. The van der Waals surface area contributed by atoms with Gasteiger partial charge in [-0.25, -0.2) is 4.79 Å². The van der Waals surface area contributed by atoms with Crippen LogP contribution in [0.5, 0.6) is 0 Å². The number of ether oxygens (including phenoxy) is 1. The first-order chi connectivity index (χ1) is 9.59. The molecule has 0 radical (unpaired) electrons. The fourth-order valence-corrected chi connectivity index (χ4v) is 2.11. The molecule has 0 aromatic carbocycles. The van der Waals surface area contributed by atoms with Crippen molar-refractivity contribution in [3.05, 3.63) is 34.7 Å². The second kappa shape index (κ2) is 6.33. The fourth-order valence-electron chi connectivity index (χ4n) is 2.11. The minimum absolute atomic E-state index is 0.00631. The lowest BCUT2D eigenvalue weighted by molar-refractivity contribution is -0.158. The van der Waals surface area contributed by atoms with E-state index in [0.29, 0.717) is 6.61 Å². The third-order valence-corrected chi connectivity index (χ3v) is 3.20. The second-order valence-corrected chi connectivity index (χ2v) is 4.50. The molecule has 0 bridgehead atoms. The van der Waals surface area contributed by atoms with Gasteiger partial charge in [0.25, 0.3) is 5.56 Å². The number of hydrogen-bond acceptors (Lipinski definition) is 4. The van der Waals surface area contributed by atoms with E-state index >= 15 is 0 Å². The Morgan fingerprint density at radius 1 is 1.40 bits per heavy atom. The van der Waals surface area contributed by atoms with Gasteiger partial charge in [0.05, 0.1) is 13.2 Å². The monoisotopic (exact) mass is 280 g/mol. The molecule has 0 aliphatic carbocycles. The average molecular weight is 280 g/mol. The number of carboxylic acid groups (broad SMARTS) is 1. The Morgan fingerprint density at radius 3 is 2.90 bits per heavy atom. The van der Waals surface area contributed by atoms with Crippen LogP contribution in [0.2, 0.25) is 0 Å². The predicted molar refractivity (Wildman–Crippen MR) is 69.3 cm³/mol. The molecule has 0 spiro atoms. The average Bonchev–Trinajstić information content (AvgIpc) is 2.46. The van der Waals surface area contributed by atoms with Crippen LogP contribution >= 0.6 is 0 Å². The van der Waals surface area contributed by atoms with Crippen LogP contribution in [0.1, 0.15) is 6.42 Å². The van der Waals surface area contributed by atoms with Crippen LogP contribution < -0.4 is 5.56 Å². The summed E-state index contributed by atoms with van der Waals surface area (Å²) in [6, 6.07) is 3.81. The summed E-state index contributed by atoms with van der Waals surface area (Å²) in [6.07, 6.45) is 1.69. The quantitative estimate of drug-likeness (QED) is 0.807. The number of morpholine rings is 1. The Labute approximate surface area is 115 Å². The van der Waals surface area contributed by atoms with Gasteiger partial charge >= 0.3 is 5.97 Å². The molecule has 1 aromatic heterocycles. The molecule has 7 heteroatoms. The Hall–Kier alpha value is -2.15. The summed E-state index contributed by atoms with van der Waals surface area (Å²) in [5.74, 6) is -1.36. The molecule has 1 saturated heterocycles. The van der Waals surface area contributed by atoms with E-state index in [-0.39, 0.29) is 37.6 Å². The summed E-state index contributed by atoms with van der Waals surface area (Å²) in [5, 5.41) is 9.06. The normalized spacial score (nSPS) is 18.8. The first-order valence-electron chi connectivity index (χ1n) is 6.35. The van der Waals surface area contributed by atoms with Crippen molar-refractivity contribution in [2.75, 3.05) is 19.8 Å². The van der Waals surface area contributed by atoms with Gasteiger partial charge < -0.3 is 19.3 Å². The summed E-state index contributed by atoms with van der Waals surface area (Å²) >= 11 is 0. The van der Waals surface area contributed by atoms with Crippen molar-refractivity contribution >= 4 is 11.9 Å². The summed E-state index contributed by atoms with van der Waals surface area (Å²) in [5.41, 5.74) is -0.183. The third-order valence-electron chi connectivity index (χ3n) is 3.20. The Morgan fingerprint density at radius 2 is 2.20 bits per heavy atom. The minimum atomic E-state index is -1.07. The zero-order valence-corrected chi connectivity index (χ0v) is 10.9. The minimum Gasteiger partial charge on any atom is -0.480 e. The van der Waals surface area contributed by atoms with E-state index in [4.69, 9.17) is 9.84 Å². The van der Waals surface area contributed by atoms with Crippen molar-refractivity contribution in [2.45, 2.75) is 19.0 Å². The molecule has 0 unspecified atom stereocenters. The number of carbonyl (C=O) groups is 2. The van der Waals surface area contributed by atoms with Crippen LogP contribution in [-0.2, 0) is 20.9 Å². The van der Waals surface area contributed by atoms with E-state index in [9.17, 15) is 14.4 Å². The van der Waals surface area contributed by atoms with Crippen molar-refractivity contribution in [2.24, 2.45) is 0 Å². The number of aryl methyl sites for hydroxylation is 1. The molecule has 1 atom stereocenters. The highest BCUT2D eigenvalue weighted by Gasteiger charge is 2.32. The maximum Gasteiger partial charge on any atom is 0.328 e. The zero-order valence-electron chi connectivity index (χ0n) is 10.9. The molecule has 1 aliphatic rings. The van der Waals surface area contributed by atoms with Crippen molar-refractivity contribution in [1.82, 2.24) is 9.47 Å². The Kier molecular flexibility index (Phi) is 4.52. The first-order valence-corrected chi connectivity index (χ1v) is 6.35. The van der Waals surface area contributed by atoms with Crippen molar-refractivity contribution in [1.29, 1.82) is 0 Å². The van der Waals surface area contributed by atoms with Crippen LogP contribution in [-0.4, -0.2) is 52.3 Å². The van der Waals surface area contributed by atoms with Crippen LogP contribution in [0.25, 0.3) is 0 Å². The lowest BCUT2D eigenvalue weighted by atomic mass is 10.2. The lowest BCUT2D eigenvalue weighted by Crippen LogP contribution is -2.52. The van der Waals surface area contributed by atoms with Gasteiger partial charge in [-0.2, -0.15) is 0 Å². The van der Waals surface area contributed by atoms with E-state index in [0.717, 1.165) is 0 Å². The van der Waals surface area contributed by atoms with E-state index < -0.39 is 12.0 Å². The van der Waals surface area contributed by atoms with E-state index in [1.165, 1.54) is 15.5 Å². The Bertz CT molecular complexity index is 554. The lowest BCUT2D eigenvalue weighted by Gasteiger charge is -2.32. The largest absolute Gasteiger partial charge is 0.480 e. The van der Waals surface area contributed by atoms with Gasteiger partial charge in [-0.3, -0.25) is 9.59 Å². The number of hydrogen-bond donors (Lipinski definition) is 1. The highest BCUT2D eigenvalue weighted by atomic mass is 16.5. The molecule has 0 saturated carbocycles. The van der Waals surface area contributed by atoms with Gasteiger partial charge in [0.1, 0.15) is 0 Å². The molecule has 1 aromatic rings. The van der Waals surface area contributed by atoms with Gasteiger partial charge in [0, 0.05) is 31.8 Å². The third kappa shape index (κ3) is 3.24. The predicted octanol–water partition coefficient (Wildman–Crippen LogP) is -0.450. The smallest absolute Gasteiger partial charge is 0.328 e. The number of carbonyl (C=O) groups excluding carboxylic acids is 1. The second-order valence-electron chi connectivity index (χ2n) is 4.50. The molecule has 7 nitrogen and oxygen atoms in total. The summed E-state index contributed by atoms with van der Waals surface area (Å²) in [4.78, 5) is 36.0. The van der Waals surface area contributed by atoms with Gasteiger partial charge in [-0.1, -0.05) is 6.07 Å². The molecular formula is C13H16N2O5. The van der Waals surface area contributed by atoms with Crippen molar-refractivity contribution < 1.29 is 19.4 Å². The number of carboxylic acids is 1. The standard InChI is InChI=1S/C13H16N2O5/c16-11-3-1-2-5-14(11)6-4-12(17)15-7-8-20-9-10(15)13(18)19/h1-3,5,10H,4,6-9H2,(H,18,19)/t10-/m0/s1. The molecule has 20 heavy (non-hydrogen) atoms. The molecule has 1 N–H and O–H groups in total. The SMILES string of the molecule is O=C(O)[C@@H]1COCCN1C(=O)CCn1ccccc1=O. The highest BCUT2D eigenvalue weighted by Crippen LogP contribution is 2.09. The maximum absolute atomic E-state index is 12.1. The molecule has 1 fully saturated rings. The molecule has 2 heterocycles. The molecule has 108 valence electrons. The van der Waals surface area contributed by atoms with E-state index in [1.54, 1.807) is 18.3 Å². The van der Waals surface area contributed by atoms with Crippen molar-refractivity contribution in [3.63, 3.8) is 0 Å².